The molecule has 2 amide bonds. The number of nitrogens with one attached hydrogen (secondary N) is 3. The van der Waals surface area contributed by atoms with Crippen LogP contribution in [0, 0.1) is 6.92 Å². The molecule has 0 atom stereocenters. The normalized spacial score (nSPS) is 17.2. The van der Waals surface area contributed by atoms with Gasteiger partial charge in [-0.3, -0.25) is 19.2 Å². The third-order valence-electron chi connectivity index (χ3n) is 8.31. The molecule has 0 aromatic carbocycles. The maximum atomic E-state index is 14.5. The summed E-state index contributed by atoms with van der Waals surface area (Å²) in [6.45, 7) is 8.30. The molecule has 0 saturated heterocycles. The number of alkyl halides is 3. The van der Waals surface area contributed by atoms with Gasteiger partial charge in [0.05, 0.1) is 17.0 Å². The zero-order valence-electron chi connectivity index (χ0n) is 26.1. The molecule has 13 heteroatoms. The number of aliphatic carboxylic acids is 2. The molecule has 46 heavy (non-hydrogen) atoms. The highest BCUT2D eigenvalue weighted by Crippen LogP contribution is 2.39. The Balaban J connectivity index is 1.93. The lowest BCUT2D eigenvalue weighted by molar-refractivity contribution is -0.138. The monoisotopic (exact) mass is 640 g/mol. The van der Waals surface area contributed by atoms with Gasteiger partial charge in [0.15, 0.2) is 0 Å². The number of aromatic amines is 2. The van der Waals surface area contributed by atoms with Gasteiger partial charge in [-0.25, -0.2) is 4.99 Å². The molecule has 2 aliphatic heterocycles. The summed E-state index contributed by atoms with van der Waals surface area (Å²) in [7, 11) is 0. The lowest BCUT2D eigenvalue weighted by Crippen LogP contribution is -2.16. The van der Waals surface area contributed by atoms with Crippen molar-refractivity contribution in [3.63, 3.8) is 0 Å². The number of nitrogens with zero attached hydrogens (tertiary/aromatic N) is 1. The summed E-state index contributed by atoms with van der Waals surface area (Å²) >= 11 is 0. The Morgan fingerprint density at radius 3 is 2.04 bits per heavy atom. The van der Waals surface area contributed by atoms with E-state index in [2.05, 4.69) is 20.3 Å². The van der Waals surface area contributed by atoms with Crippen molar-refractivity contribution in [1.29, 1.82) is 0 Å². The summed E-state index contributed by atoms with van der Waals surface area (Å²) in [4.78, 5) is 57.5. The van der Waals surface area contributed by atoms with Gasteiger partial charge in [0.25, 0.3) is 11.8 Å². The van der Waals surface area contributed by atoms with Crippen LogP contribution in [0.2, 0.25) is 0 Å². The highest BCUT2D eigenvalue weighted by Gasteiger charge is 2.38. The van der Waals surface area contributed by atoms with Gasteiger partial charge in [-0.15, -0.1) is 0 Å². The molecule has 0 radical (unpaired) electrons. The fourth-order valence-corrected chi connectivity index (χ4v) is 5.89. The van der Waals surface area contributed by atoms with Gasteiger partial charge >= 0.3 is 18.1 Å². The van der Waals surface area contributed by atoms with Crippen LogP contribution in [0.4, 0.5) is 13.2 Å². The summed E-state index contributed by atoms with van der Waals surface area (Å²) < 4.78 is 43.5. The van der Waals surface area contributed by atoms with Gasteiger partial charge in [0, 0.05) is 46.1 Å². The van der Waals surface area contributed by atoms with Crippen LogP contribution in [-0.4, -0.2) is 49.6 Å². The molecule has 0 unspecified atom stereocenters. The van der Waals surface area contributed by atoms with Crippen LogP contribution < -0.4 is 16.0 Å². The molecule has 4 heterocycles. The zero-order valence-corrected chi connectivity index (χ0v) is 26.1. The zero-order chi connectivity index (χ0) is 34.1. The standard InChI is InChI=1S/C33H35F3N4O6/c1-6-18-16(4)31(45)39-23(18)14-27-30(33(34,35)36)19(7-2)24(38-27)12-22-15(3)20(8-10-28(41)42)25(37-22)13-26-21(9-11-29(43)44)17(5)32(46)40-26/h12-14,37-38H,6-11H2,1-5H3,(H,39,45)(H,41,42)(H,43,44)/b22-12-,23-14-,25-13-. The Bertz CT molecular complexity index is 1900. The molecular weight excluding hydrogens is 605 g/mol. The lowest BCUT2D eigenvalue weighted by Gasteiger charge is -2.10. The topological polar surface area (TPSA) is 165 Å². The predicted molar refractivity (Wildman–Crippen MR) is 165 cm³/mol. The van der Waals surface area contributed by atoms with Crippen molar-refractivity contribution in [3.8, 4) is 0 Å². The molecule has 10 nitrogen and oxygen atoms in total. The van der Waals surface area contributed by atoms with Crippen molar-refractivity contribution in [3.05, 3.63) is 72.3 Å². The largest absolute Gasteiger partial charge is 0.481 e. The van der Waals surface area contributed by atoms with Crippen LogP contribution >= 0.6 is 0 Å². The Kier molecular flexibility index (Phi) is 9.74. The van der Waals surface area contributed by atoms with Crippen LogP contribution in [0.15, 0.2) is 33.0 Å². The first kappa shape index (κ1) is 33.9. The number of aromatic nitrogens is 2. The lowest BCUT2D eigenvalue weighted by atomic mass is 10.00. The van der Waals surface area contributed by atoms with Crippen molar-refractivity contribution in [2.24, 2.45) is 4.99 Å². The minimum absolute atomic E-state index is 0.00863. The van der Waals surface area contributed by atoms with E-state index in [4.69, 9.17) is 5.11 Å². The average Bonchev–Trinajstić information content (AvgIpc) is 3.63. The molecule has 0 spiro atoms. The number of halogens is 3. The maximum Gasteiger partial charge on any atom is 0.418 e. The summed E-state index contributed by atoms with van der Waals surface area (Å²) in [5.41, 5.74) is 2.64. The number of carboxylic acids is 2. The first-order chi connectivity index (χ1) is 21.6. The minimum atomic E-state index is -4.71. The number of hydrogen-bond donors (Lipinski definition) is 5. The third-order valence-corrected chi connectivity index (χ3v) is 8.31. The Labute approximate surface area is 262 Å². The van der Waals surface area contributed by atoms with Crippen LogP contribution in [-0.2, 0) is 38.2 Å². The Morgan fingerprint density at radius 1 is 0.804 bits per heavy atom. The quantitative estimate of drug-likeness (QED) is 0.247. The van der Waals surface area contributed by atoms with Gasteiger partial charge in [-0.1, -0.05) is 13.8 Å². The van der Waals surface area contributed by atoms with E-state index in [-0.39, 0.29) is 60.7 Å². The van der Waals surface area contributed by atoms with E-state index in [1.165, 1.54) is 12.2 Å². The van der Waals surface area contributed by atoms with E-state index in [9.17, 15) is 37.5 Å². The van der Waals surface area contributed by atoms with Crippen molar-refractivity contribution in [2.45, 2.75) is 79.3 Å². The van der Waals surface area contributed by atoms with Gasteiger partial charge < -0.3 is 25.5 Å². The molecule has 0 aliphatic carbocycles. The second kappa shape index (κ2) is 13.2. The average molecular weight is 641 g/mol. The molecule has 0 fully saturated rings. The SMILES string of the molecule is CCC1=C(C)C(=O)N/C1=C\c1[nH]c(/C=c2\[nH]/c(=C\C3=NC(=O)C(C)=C3CCC(=O)O)c(CCC(=O)O)c2C)c(CC)c1C(F)(F)F. The molecule has 2 aliphatic rings. The van der Waals surface area contributed by atoms with E-state index in [1.54, 1.807) is 33.8 Å². The number of allylic oxidation sites excluding steroid dienone is 2. The third kappa shape index (κ3) is 6.82. The number of H-pyrrole nitrogens is 2. The van der Waals surface area contributed by atoms with Crippen molar-refractivity contribution in [1.82, 2.24) is 15.3 Å². The number of carboxylic acid groups (broad SMARTS) is 2. The smallest absolute Gasteiger partial charge is 0.418 e. The van der Waals surface area contributed by atoms with Gasteiger partial charge in [-0.05, 0) is 92.5 Å². The number of hydrogen-bond acceptors (Lipinski definition) is 4. The Morgan fingerprint density at radius 2 is 1.46 bits per heavy atom. The molecule has 2 aromatic rings. The number of aliphatic imine (C=N–C) groups is 1. The van der Waals surface area contributed by atoms with E-state index < -0.39 is 29.6 Å². The number of carbonyl (C=O) groups is 4. The molecule has 0 saturated carbocycles. The van der Waals surface area contributed by atoms with E-state index in [0.29, 0.717) is 56.2 Å². The predicted octanol–water partition coefficient (Wildman–Crippen LogP) is 4.22. The van der Waals surface area contributed by atoms with E-state index in [1.807, 2.05) is 6.92 Å². The second-order valence-corrected chi connectivity index (χ2v) is 11.2. The number of carbonyl (C=O) groups excluding carboxylic acids is 2. The van der Waals surface area contributed by atoms with Crippen molar-refractivity contribution in [2.75, 3.05) is 0 Å². The molecule has 244 valence electrons. The number of rotatable bonds is 11. The van der Waals surface area contributed by atoms with Crippen LogP contribution in [0.3, 0.4) is 0 Å². The van der Waals surface area contributed by atoms with Gasteiger partial charge in [0.2, 0.25) is 0 Å². The summed E-state index contributed by atoms with van der Waals surface area (Å²) in [6.07, 6.45) is -0.199. The number of amides is 2. The van der Waals surface area contributed by atoms with Crippen LogP contribution in [0.25, 0.3) is 18.2 Å². The fraction of sp³-hybridized carbons (Fsp3) is 0.364. The van der Waals surface area contributed by atoms with Crippen molar-refractivity contribution < 1.29 is 42.6 Å². The summed E-state index contributed by atoms with van der Waals surface area (Å²) in [5.74, 6) is -2.98. The highest BCUT2D eigenvalue weighted by atomic mass is 19.4. The Hall–Kier alpha value is -4.94. The second-order valence-electron chi connectivity index (χ2n) is 11.2. The maximum absolute atomic E-state index is 14.5. The minimum Gasteiger partial charge on any atom is -0.481 e. The summed E-state index contributed by atoms with van der Waals surface area (Å²) in [6, 6.07) is 0. The van der Waals surface area contributed by atoms with Crippen LogP contribution in [0.5, 0.6) is 0 Å². The first-order valence-corrected chi connectivity index (χ1v) is 14.8. The summed E-state index contributed by atoms with van der Waals surface area (Å²) in [5, 5.41) is 22.0. The van der Waals surface area contributed by atoms with Crippen molar-refractivity contribution >= 4 is 47.7 Å². The van der Waals surface area contributed by atoms with E-state index in [0.717, 1.165) is 0 Å². The molecule has 2 aromatic heterocycles. The fourth-order valence-electron chi connectivity index (χ4n) is 5.89. The van der Waals surface area contributed by atoms with E-state index >= 15 is 0 Å². The highest BCUT2D eigenvalue weighted by molar-refractivity contribution is 6.31. The molecular formula is C33H35F3N4O6. The first-order valence-electron chi connectivity index (χ1n) is 14.8. The van der Waals surface area contributed by atoms with Crippen LogP contribution in [0.1, 0.15) is 87.0 Å². The van der Waals surface area contributed by atoms with Gasteiger partial charge in [-0.2, -0.15) is 13.2 Å². The molecule has 0 bridgehead atoms. The molecule has 5 N–H and O–H groups in total. The molecule has 4 rings (SSSR count). The van der Waals surface area contributed by atoms with Gasteiger partial charge in [0.1, 0.15) is 0 Å².